The number of nitrogens with one attached hydrogen (secondary N) is 3. The highest BCUT2D eigenvalue weighted by atomic mass is 32.1. The average Bonchev–Trinajstić information content (AvgIpc) is 3.50. The summed E-state index contributed by atoms with van der Waals surface area (Å²) in [6.45, 7) is 0. The normalized spacial score (nSPS) is 11.1. The number of carboxylic acid groups (broad SMARTS) is 2. The molecule has 13 heteroatoms. The van der Waals surface area contributed by atoms with E-state index in [2.05, 4.69) is 36.3 Å². The number of hydrazone groups is 2. The predicted octanol–water partition coefficient (Wildman–Crippen LogP) is 4.63. The van der Waals surface area contributed by atoms with Crippen molar-refractivity contribution in [3.63, 3.8) is 0 Å². The van der Waals surface area contributed by atoms with E-state index in [0.717, 1.165) is 28.4 Å². The van der Waals surface area contributed by atoms with Gasteiger partial charge in [0.05, 0.1) is 12.4 Å². The standard InChI is InChI=1S/C22H17N7O4S2/c30-20(31)16-8-6-14(34-16)11-23-28-19-10-18(25-13-4-2-1-3-5-13)26-22(27-19)29-24-12-15-7-9-17(35-15)21(32)33/h1-12H,(H,30,31)(H,32,33)(H3,25,26,27,28,29). The van der Waals surface area contributed by atoms with Crippen molar-refractivity contribution in [2.75, 3.05) is 16.2 Å². The first-order valence-corrected chi connectivity index (χ1v) is 11.5. The SMILES string of the molecule is O=C(O)c1ccc(C=NNc2cc(Nc3ccccc3)nc(NN=Cc3ccc(C(=O)O)s3)n2)s1. The third-order valence-corrected chi connectivity index (χ3v) is 6.19. The van der Waals surface area contributed by atoms with E-state index in [0.29, 0.717) is 21.4 Å². The Morgan fingerprint density at radius 1 is 0.771 bits per heavy atom. The summed E-state index contributed by atoms with van der Waals surface area (Å²) < 4.78 is 0. The number of hydrogen-bond acceptors (Lipinski definition) is 11. The van der Waals surface area contributed by atoms with E-state index in [1.165, 1.54) is 24.6 Å². The molecule has 0 spiro atoms. The Balaban J connectivity index is 1.51. The summed E-state index contributed by atoms with van der Waals surface area (Å²) in [6.07, 6.45) is 2.96. The van der Waals surface area contributed by atoms with E-state index in [9.17, 15) is 9.59 Å². The smallest absolute Gasteiger partial charge is 0.345 e. The van der Waals surface area contributed by atoms with Crippen molar-refractivity contribution in [1.82, 2.24) is 9.97 Å². The van der Waals surface area contributed by atoms with Gasteiger partial charge in [-0.2, -0.15) is 20.2 Å². The zero-order chi connectivity index (χ0) is 24.6. The molecule has 0 aliphatic rings. The monoisotopic (exact) mass is 507 g/mol. The van der Waals surface area contributed by atoms with Gasteiger partial charge in [-0.05, 0) is 36.4 Å². The lowest BCUT2D eigenvalue weighted by Crippen LogP contribution is -2.04. The van der Waals surface area contributed by atoms with Gasteiger partial charge in [-0.3, -0.25) is 5.43 Å². The quantitative estimate of drug-likeness (QED) is 0.152. The van der Waals surface area contributed by atoms with Gasteiger partial charge in [-0.25, -0.2) is 15.0 Å². The third-order valence-electron chi connectivity index (χ3n) is 4.17. The molecule has 5 N–H and O–H groups in total. The third kappa shape index (κ3) is 6.69. The largest absolute Gasteiger partial charge is 0.477 e. The van der Waals surface area contributed by atoms with E-state index in [-0.39, 0.29) is 15.7 Å². The molecule has 11 nitrogen and oxygen atoms in total. The number of carbonyl (C=O) groups is 2. The molecule has 4 rings (SSSR count). The molecule has 3 aromatic heterocycles. The van der Waals surface area contributed by atoms with E-state index in [4.69, 9.17) is 10.2 Å². The minimum Gasteiger partial charge on any atom is -0.477 e. The Kier molecular flexibility index (Phi) is 7.40. The summed E-state index contributed by atoms with van der Waals surface area (Å²) in [5.74, 6) is -1.00. The molecule has 3 heterocycles. The number of carboxylic acids is 2. The van der Waals surface area contributed by atoms with Crippen molar-refractivity contribution in [2.24, 2.45) is 10.2 Å². The Labute approximate surface area is 206 Å². The van der Waals surface area contributed by atoms with Crippen LogP contribution >= 0.6 is 22.7 Å². The lowest BCUT2D eigenvalue weighted by Gasteiger charge is -2.09. The molecular formula is C22H17N7O4S2. The van der Waals surface area contributed by atoms with Gasteiger partial charge < -0.3 is 15.5 Å². The van der Waals surface area contributed by atoms with E-state index >= 15 is 0 Å². The van der Waals surface area contributed by atoms with Crippen molar-refractivity contribution in [1.29, 1.82) is 0 Å². The Morgan fingerprint density at radius 2 is 1.34 bits per heavy atom. The maximum Gasteiger partial charge on any atom is 0.345 e. The number of hydrogen-bond donors (Lipinski definition) is 5. The molecule has 0 unspecified atom stereocenters. The molecule has 0 amide bonds. The lowest BCUT2D eigenvalue weighted by atomic mass is 10.3. The molecule has 0 saturated carbocycles. The second-order valence-corrected chi connectivity index (χ2v) is 8.94. The number of anilines is 4. The predicted molar refractivity (Wildman–Crippen MR) is 137 cm³/mol. The molecule has 176 valence electrons. The summed E-state index contributed by atoms with van der Waals surface area (Å²) in [6, 6.07) is 17.4. The molecule has 0 fully saturated rings. The number of rotatable bonds is 10. The molecule has 0 aliphatic heterocycles. The van der Waals surface area contributed by atoms with Crippen LogP contribution in [-0.4, -0.2) is 44.5 Å². The fourth-order valence-electron chi connectivity index (χ4n) is 2.68. The van der Waals surface area contributed by atoms with Crippen LogP contribution in [0.5, 0.6) is 0 Å². The van der Waals surface area contributed by atoms with Crippen molar-refractivity contribution in [3.05, 3.63) is 80.2 Å². The molecule has 0 bridgehead atoms. The summed E-state index contributed by atoms with van der Waals surface area (Å²) >= 11 is 2.18. The Morgan fingerprint density at radius 3 is 1.91 bits per heavy atom. The molecular weight excluding hydrogens is 490 g/mol. The van der Waals surface area contributed by atoms with Gasteiger partial charge in [-0.1, -0.05) is 18.2 Å². The number of benzene rings is 1. The van der Waals surface area contributed by atoms with Crippen LogP contribution in [0.25, 0.3) is 0 Å². The highest BCUT2D eigenvalue weighted by Crippen LogP contribution is 2.20. The van der Waals surface area contributed by atoms with Crippen LogP contribution in [0.4, 0.5) is 23.3 Å². The van der Waals surface area contributed by atoms with Gasteiger partial charge in [0.15, 0.2) is 5.82 Å². The molecule has 35 heavy (non-hydrogen) atoms. The molecule has 0 atom stereocenters. The maximum atomic E-state index is 11.0. The van der Waals surface area contributed by atoms with E-state index < -0.39 is 11.9 Å². The molecule has 0 saturated heterocycles. The number of nitrogens with zero attached hydrogens (tertiary/aromatic N) is 4. The molecule has 0 aliphatic carbocycles. The zero-order valence-corrected chi connectivity index (χ0v) is 19.4. The first-order valence-electron chi connectivity index (χ1n) is 9.92. The van der Waals surface area contributed by atoms with Crippen molar-refractivity contribution < 1.29 is 19.8 Å². The molecule has 1 aromatic carbocycles. The van der Waals surface area contributed by atoms with Crippen LogP contribution in [0.3, 0.4) is 0 Å². The number of para-hydroxylation sites is 1. The minimum atomic E-state index is -0.997. The van der Waals surface area contributed by atoms with Gasteiger partial charge in [-0.15, -0.1) is 22.7 Å². The van der Waals surface area contributed by atoms with Gasteiger partial charge in [0, 0.05) is 21.5 Å². The average molecular weight is 508 g/mol. The van der Waals surface area contributed by atoms with Crippen molar-refractivity contribution >= 4 is 70.3 Å². The van der Waals surface area contributed by atoms with Crippen LogP contribution in [0.15, 0.2) is 70.9 Å². The fourth-order valence-corrected chi connectivity index (χ4v) is 4.12. The summed E-state index contributed by atoms with van der Waals surface area (Å²) in [5, 5.41) is 29.5. The number of thiophene rings is 2. The summed E-state index contributed by atoms with van der Waals surface area (Å²) in [7, 11) is 0. The Bertz CT molecular complexity index is 1320. The molecule has 0 radical (unpaired) electrons. The number of aromatic carboxylic acids is 2. The first-order chi connectivity index (χ1) is 17.0. The van der Waals surface area contributed by atoms with Gasteiger partial charge in [0.25, 0.3) is 0 Å². The van der Waals surface area contributed by atoms with Gasteiger partial charge in [0.2, 0.25) is 5.95 Å². The second-order valence-electron chi connectivity index (χ2n) is 6.71. The van der Waals surface area contributed by atoms with E-state index in [1.807, 2.05) is 30.3 Å². The van der Waals surface area contributed by atoms with E-state index in [1.54, 1.807) is 18.2 Å². The van der Waals surface area contributed by atoms with Crippen LogP contribution in [-0.2, 0) is 0 Å². The minimum absolute atomic E-state index is 0.166. The lowest BCUT2D eigenvalue weighted by molar-refractivity contribution is 0.0691. The summed E-state index contributed by atoms with van der Waals surface area (Å²) in [4.78, 5) is 32.5. The van der Waals surface area contributed by atoms with Crippen LogP contribution in [0.2, 0.25) is 0 Å². The zero-order valence-electron chi connectivity index (χ0n) is 17.7. The molecule has 4 aromatic rings. The van der Waals surface area contributed by atoms with Gasteiger partial charge in [0.1, 0.15) is 15.6 Å². The van der Waals surface area contributed by atoms with Crippen LogP contribution < -0.4 is 16.2 Å². The topological polar surface area (TPSA) is 161 Å². The van der Waals surface area contributed by atoms with Crippen LogP contribution in [0.1, 0.15) is 29.1 Å². The highest BCUT2D eigenvalue weighted by molar-refractivity contribution is 7.15. The Hall–Kier alpha value is -4.62. The fraction of sp³-hybridized carbons (Fsp3) is 0. The van der Waals surface area contributed by atoms with Gasteiger partial charge >= 0.3 is 11.9 Å². The van der Waals surface area contributed by atoms with Crippen LogP contribution in [0, 0.1) is 0 Å². The second kappa shape index (κ2) is 11.0. The number of aromatic nitrogens is 2. The van der Waals surface area contributed by atoms with Crippen molar-refractivity contribution in [2.45, 2.75) is 0 Å². The van der Waals surface area contributed by atoms with Crippen molar-refractivity contribution in [3.8, 4) is 0 Å². The highest BCUT2D eigenvalue weighted by Gasteiger charge is 2.08. The maximum absolute atomic E-state index is 11.0. The first kappa shape index (κ1) is 23.5. The summed E-state index contributed by atoms with van der Waals surface area (Å²) in [5.41, 5.74) is 6.35.